The van der Waals surface area contributed by atoms with Crippen LogP contribution < -0.4 is 10.2 Å². The zero-order valence-electron chi connectivity index (χ0n) is 12.3. The van der Waals surface area contributed by atoms with E-state index >= 15 is 0 Å². The Morgan fingerprint density at radius 1 is 1.38 bits per heavy atom. The fourth-order valence-corrected chi connectivity index (χ4v) is 3.42. The Morgan fingerprint density at radius 2 is 2.14 bits per heavy atom. The Hall–Kier alpha value is -1.35. The van der Waals surface area contributed by atoms with Crippen LogP contribution in [0.25, 0.3) is 0 Å². The summed E-state index contributed by atoms with van der Waals surface area (Å²) in [6.45, 7) is 8.07. The van der Waals surface area contributed by atoms with Crippen molar-refractivity contribution in [3.8, 4) is 6.07 Å². The van der Waals surface area contributed by atoms with Crippen LogP contribution in [0.5, 0.6) is 0 Å². The highest BCUT2D eigenvalue weighted by molar-refractivity contribution is 6.33. The predicted molar refractivity (Wildman–Crippen MR) is 83.8 cm³/mol. The summed E-state index contributed by atoms with van der Waals surface area (Å²) in [4.78, 5) is 9.32. The van der Waals surface area contributed by atoms with Crippen molar-refractivity contribution in [3.05, 3.63) is 22.3 Å². The second-order valence-corrected chi connectivity index (χ2v) is 6.12. The van der Waals surface area contributed by atoms with E-state index in [1.165, 1.54) is 6.42 Å². The van der Waals surface area contributed by atoms with Crippen molar-refractivity contribution in [1.82, 2.24) is 15.2 Å². The molecule has 1 aromatic rings. The predicted octanol–water partition coefficient (Wildman–Crippen LogP) is 1.40. The largest absolute Gasteiger partial charge is 0.353 e. The van der Waals surface area contributed by atoms with E-state index in [4.69, 9.17) is 16.9 Å². The van der Waals surface area contributed by atoms with E-state index in [1.54, 1.807) is 6.07 Å². The standard InChI is InChI=1S/C15H20ClN5/c1-11-12(9-17)8-14(16)15(19-11)21-6-4-20(5-7-21)13-2-3-18-10-13/h8,13,18H,2-7,10H2,1H3. The number of hydrogen-bond acceptors (Lipinski definition) is 5. The lowest BCUT2D eigenvalue weighted by Gasteiger charge is -2.38. The van der Waals surface area contributed by atoms with E-state index in [-0.39, 0.29) is 0 Å². The van der Waals surface area contributed by atoms with E-state index in [9.17, 15) is 0 Å². The molecule has 1 N–H and O–H groups in total. The van der Waals surface area contributed by atoms with E-state index in [0.29, 0.717) is 16.6 Å². The van der Waals surface area contributed by atoms with Crippen LogP contribution in [0.4, 0.5) is 5.82 Å². The molecule has 21 heavy (non-hydrogen) atoms. The third kappa shape index (κ3) is 2.98. The minimum absolute atomic E-state index is 0.555. The van der Waals surface area contributed by atoms with Gasteiger partial charge >= 0.3 is 0 Å². The van der Waals surface area contributed by atoms with Gasteiger partial charge in [0.25, 0.3) is 0 Å². The normalized spacial score (nSPS) is 23.3. The zero-order chi connectivity index (χ0) is 14.8. The SMILES string of the molecule is Cc1nc(N2CCN(C3CCNC3)CC2)c(Cl)cc1C#N. The first-order valence-corrected chi connectivity index (χ1v) is 7.84. The number of nitrogens with zero attached hydrogens (tertiary/aromatic N) is 4. The van der Waals surface area contributed by atoms with E-state index in [2.05, 4.69) is 26.2 Å². The van der Waals surface area contributed by atoms with Gasteiger partial charge in [0, 0.05) is 38.8 Å². The van der Waals surface area contributed by atoms with Gasteiger partial charge in [-0.05, 0) is 26.0 Å². The molecule has 2 fully saturated rings. The molecule has 6 heteroatoms. The summed E-state index contributed by atoms with van der Waals surface area (Å²) in [5.41, 5.74) is 1.30. The van der Waals surface area contributed by atoms with Crippen LogP contribution in [-0.4, -0.2) is 55.2 Å². The molecule has 1 atom stereocenters. The first kappa shape index (κ1) is 14.6. The Bertz CT molecular complexity index is 554. The Balaban J connectivity index is 1.69. The van der Waals surface area contributed by atoms with E-state index < -0.39 is 0 Å². The van der Waals surface area contributed by atoms with Crippen molar-refractivity contribution in [2.45, 2.75) is 19.4 Å². The third-order valence-electron chi connectivity index (χ3n) is 4.43. The molecule has 0 aliphatic carbocycles. The minimum atomic E-state index is 0.555. The first-order chi connectivity index (χ1) is 10.2. The number of rotatable bonds is 2. The first-order valence-electron chi connectivity index (χ1n) is 7.46. The number of pyridine rings is 1. The quantitative estimate of drug-likeness (QED) is 0.895. The molecule has 0 bridgehead atoms. The van der Waals surface area contributed by atoms with Gasteiger partial charge in [-0.3, -0.25) is 4.90 Å². The lowest BCUT2D eigenvalue weighted by atomic mass is 10.2. The fraction of sp³-hybridized carbons (Fsp3) is 0.600. The van der Waals surface area contributed by atoms with Crippen molar-refractivity contribution < 1.29 is 0 Å². The maximum absolute atomic E-state index is 9.03. The van der Waals surface area contributed by atoms with Gasteiger partial charge in [-0.15, -0.1) is 0 Å². The maximum atomic E-state index is 9.03. The van der Waals surface area contributed by atoms with Crippen molar-refractivity contribution in [2.75, 3.05) is 44.2 Å². The lowest BCUT2D eigenvalue weighted by Crippen LogP contribution is -2.51. The molecule has 0 radical (unpaired) electrons. The van der Waals surface area contributed by atoms with Gasteiger partial charge in [-0.25, -0.2) is 4.98 Å². The van der Waals surface area contributed by atoms with Crippen LogP contribution >= 0.6 is 11.6 Å². The molecular formula is C15H20ClN5. The van der Waals surface area contributed by atoms with Gasteiger partial charge in [-0.2, -0.15) is 5.26 Å². The molecule has 5 nitrogen and oxygen atoms in total. The molecule has 2 aliphatic heterocycles. The summed E-state index contributed by atoms with van der Waals surface area (Å²) in [6.07, 6.45) is 1.25. The van der Waals surface area contributed by atoms with Crippen LogP contribution in [0.1, 0.15) is 17.7 Å². The summed E-state index contributed by atoms with van der Waals surface area (Å²) < 4.78 is 0. The molecular weight excluding hydrogens is 286 g/mol. The molecule has 1 aromatic heterocycles. The summed E-state index contributed by atoms with van der Waals surface area (Å²) in [5, 5.41) is 13.0. The Morgan fingerprint density at radius 3 is 2.76 bits per heavy atom. The number of halogens is 1. The van der Waals surface area contributed by atoms with Gasteiger partial charge < -0.3 is 10.2 Å². The lowest BCUT2D eigenvalue weighted by molar-refractivity contribution is 0.196. The minimum Gasteiger partial charge on any atom is -0.353 e. The second kappa shape index (κ2) is 6.18. The molecule has 112 valence electrons. The smallest absolute Gasteiger partial charge is 0.147 e. The molecule has 2 saturated heterocycles. The summed E-state index contributed by atoms with van der Waals surface area (Å²) in [7, 11) is 0. The number of anilines is 1. The van der Waals surface area contributed by atoms with Gasteiger partial charge in [0.1, 0.15) is 11.9 Å². The third-order valence-corrected chi connectivity index (χ3v) is 4.71. The molecule has 2 aliphatic rings. The molecule has 0 saturated carbocycles. The van der Waals surface area contributed by atoms with Crippen LogP contribution in [-0.2, 0) is 0 Å². The van der Waals surface area contributed by atoms with Crippen LogP contribution in [0, 0.1) is 18.3 Å². The van der Waals surface area contributed by atoms with E-state index in [0.717, 1.165) is 50.8 Å². The van der Waals surface area contributed by atoms with Gasteiger partial charge in [0.05, 0.1) is 16.3 Å². The molecule has 1 unspecified atom stereocenters. The highest BCUT2D eigenvalue weighted by Gasteiger charge is 2.27. The molecule has 0 aromatic carbocycles. The number of piperazine rings is 1. The number of nitriles is 1. The summed E-state index contributed by atoms with van der Waals surface area (Å²) in [5.74, 6) is 0.817. The van der Waals surface area contributed by atoms with Crippen molar-refractivity contribution in [2.24, 2.45) is 0 Å². The van der Waals surface area contributed by atoms with Crippen LogP contribution in [0.15, 0.2) is 6.07 Å². The Labute approximate surface area is 130 Å². The Kier molecular flexibility index (Phi) is 4.29. The molecule has 3 rings (SSSR count). The average molecular weight is 306 g/mol. The fourth-order valence-electron chi connectivity index (χ4n) is 3.15. The van der Waals surface area contributed by atoms with Crippen molar-refractivity contribution in [3.63, 3.8) is 0 Å². The molecule has 0 spiro atoms. The number of aryl methyl sites for hydroxylation is 1. The highest BCUT2D eigenvalue weighted by atomic mass is 35.5. The topological polar surface area (TPSA) is 55.2 Å². The highest BCUT2D eigenvalue weighted by Crippen LogP contribution is 2.27. The number of nitrogens with one attached hydrogen (secondary N) is 1. The van der Waals surface area contributed by atoms with Gasteiger partial charge in [0.15, 0.2) is 0 Å². The van der Waals surface area contributed by atoms with Crippen molar-refractivity contribution >= 4 is 17.4 Å². The van der Waals surface area contributed by atoms with Crippen LogP contribution in [0.2, 0.25) is 5.02 Å². The van der Waals surface area contributed by atoms with Gasteiger partial charge in [0.2, 0.25) is 0 Å². The molecule has 0 amide bonds. The van der Waals surface area contributed by atoms with Crippen LogP contribution in [0.3, 0.4) is 0 Å². The summed E-state index contributed by atoms with van der Waals surface area (Å²) in [6, 6.07) is 4.54. The van der Waals surface area contributed by atoms with E-state index in [1.807, 2.05) is 6.92 Å². The maximum Gasteiger partial charge on any atom is 0.147 e. The molecule has 3 heterocycles. The second-order valence-electron chi connectivity index (χ2n) is 5.71. The summed E-state index contributed by atoms with van der Waals surface area (Å²) >= 11 is 6.30. The number of hydrogen-bond donors (Lipinski definition) is 1. The zero-order valence-corrected chi connectivity index (χ0v) is 13.0. The average Bonchev–Trinajstić information content (AvgIpc) is 3.04. The monoisotopic (exact) mass is 305 g/mol. The van der Waals surface area contributed by atoms with Gasteiger partial charge in [-0.1, -0.05) is 11.6 Å². The number of aromatic nitrogens is 1. The van der Waals surface area contributed by atoms with Crippen molar-refractivity contribution in [1.29, 1.82) is 5.26 Å².